The number of rotatable bonds is 1. The van der Waals surface area contributed by atoms with Gasteiger partial charge in [-0.15, -0.1) is 0 Å². The third-order valence-electron chi connectivity index (χ3n) is 5.15. The fraction of sp³-hybridized carbons (Fsp3) is 0.769. The Morgan fingerprint density at radius 3 is 2.06 bits per heavy atom. The lowest BCUT2D eigenvalue weighted by molar-refractivity contribution is -0.0390. The van der Waals surface area contributed by atoms with Crippen molar-refractivity contribution in [2.45, 2.75) is 44.1 Å². The zero-order valence-corrected chi connectivity index (χ0v) is 13.2. The highest BCUT2D eigenvalue weighted by Crippen LogP contribution is 2.59. The topological polar surface area (TPSA) is 22.0 Å². The first-order valence-electron chi connectivity index (χ1n) is 6.65. The van der Waals surface area contributed by atoms with Gasteiger partial charge < -0.3 is 0 Å². The summed E-state index contributed by atoms with van der Waals surface area (Å²) < 4.78 is 3.17. The van der Waals surface area contributed by atoms with Crippen LogP contribution in [0.1, 0.15) is 38.5 Å². The molecule has 1 aromatic rings. The maximum Gasteiger partial charge on any atom is 0.277 e. The van der Waals surface area contributed by atoms with Gasteiger partial charge in [0.25, 0.3) is 5.56 Å². The molecule has 0 spiro atoms. The number of aromatic nitrogens is 1. The number of nitrogens with zero attached hydrogens (tertiary/aromatic N) is 1. The zero-order valence-electron chi connectivity index (χ0n) is 9.99. The van der Waals surface area contributed by atoms with Crippen molar-refractivity contribution in [3.8, 4) is 0 Å². The summed E-state index contributed by atoms with van der Waals surface area (Å²) in [5.41, 5.74) is 0.193. The smallest absolute Gasteiger partial charge is 0.267 e. The van der Waals surface area contributed by atoms with Gasteiger partial charge in [-0.2, -0.15) is 0 Å². The third kappa shape index (κ3) is 1.55. The van der Waals surface area contributed by atoms with Crippen LogP contribution in [0.25, 0.3) is 0 Å². The van der Waals surface area contributed by atoms with Crippen LogP contribution in [0.15, 0.2) is 9.27 Å². The second-order valence-electron chi connectivity index (χ2n) is 6.42. The summed E-state index contributed by atoms with van der Waals surface area (Å²) in [6.07, 6.45) is 7.78. The van der Waals surface area contributed by atoms with Gasteiger partial charge in [0.05, 0.1) is 5.54 Å². The van der Waals surface area contributed by atoms with Crippen LogP contribution in [-0.2, 0) is 5.54 Å². The van der Waals surface area contributed by atoms with Gasteiger partial charge in [-0.25, -0.2) is 0 Å². The molecule has 2 nitrogen and oxygen atoms in total. The van der Waals surface area contributed by atoms with Crippen molar-refractivity contribution in [2.75, 3.05) is 0 Å². The summed E-state index contributed by atoms with van der Waals surface area (Å²) in [5, 5.41) is 0. The Hall–Kier alpha value is 0.200. The first-order valence-corrected chi connectivity index (χ1v) is 8.60. The molecular weight excluding hydrogens is 334 g/mol. The van der Waals surface area contributed by atoms with Crippen LogP contribution in [0, 0.1) is 17.8 Å². The molecule has 4 saturated carbocycles. The summed E-state index contributed by atoms with van der Waals surface area (Å²) in [6.45, 7) is 0. The van der Waals surface area contributed by atoms with E-state index in [-0.39, 0.29) is 11.1 Å². The van der Waals surface area contributed by atoms with Crippen LogP contribution < -0.4 is 5.56 Å². The molecule has 0 saturated heterocycles. The van der Waals surface area contributed by atoms with Crippen LogP contribution in [-0.4, -0.2) is 3.96 Å². The van der Waals surface area contributed by atoms with E-state index in [0.29, 0.717) is 8.81 Å². The van der Waals surface area contributed by atoms with E-state index in [0.717, 1.165) is 17.8 Å². The maximum atomic E-state index is 12.3. The fourth-order valence-electron chi connectivity index (χ4n) is 4.96. The second-order valence-corrected chi connectivity index (χ2v) is 8.77. The van der Waals surface area contributed by atoms with Crippen LogP contribution in [0.4, 0.5) is 0 Å². The van der Waals surface area contributed by atoms with Crippen molar-refractivity contribution in [3.05, 3.63) is 19.2 Å². The molecule has 18 heavy (non-hydrogen) atoms. The van der Waals surface area contributed by atoms with Gasteiger partial charge >= 0.3 is 0 Å². The molecule has 5 rings (SSSR count). The van der Waals surface area contributed by atoms with Gasteiger partial charge in [-0.05, 0) is 83.7 Å². The van der Waals surface area contributed by atoms with Crippen molar-refractivity contribution < 1.29 is 0 Å². The van der Waals surface area contributed by atoms with E-state index >= 15 is 0 Å². The standard InChI is InChI=1S/C13H15BrClNOS/c14-10-11(15)18-16(12(10)17)13-4-7-1-8(5-13)3-9(2-7)6-13/h7-9H,1-6H2. The Bertz CT molecular complexity index is 529. The highest BCUT2D eigenvalue weighted by atomic mass is 79.9. The predicted octanol–water partition coefficient (Wildman–Crippen LogP) is 4.25. The average Bonchev–Trinajstić information content (AvgIpc) is 2.56. The number of halogens is 2. The number of hydrogen-bond donors (Lipinski definition) is 0. The average molecular weight is 349 g/mol. The van der Waals surface area contributed by atoms with Gasteiger partial charge in [-0.1, -0.05) is 11.6 Å². The first-order chi connectivity index (χ1) is 8.57. The van der Waals surface area contributed by atoms with Gasteiger partial charge in [0.1, 0.15) is 8.81 Å². The lowest BCUT2D eigenvalue weighted by Crippen LogP contribution is -2.53. The Morgan fingerprint density at radius 2 is 1.67 bits per heavy atom. The summed E-state index contributed by atoms with van der Waals surface area (Å²) in [5.74, 6) is 2.55. The minimum atomic E-state index is 0.0898. The van der Waals surface area contributed by atoms with E-state index in [4.69, 9.17) is 11.6 Å². The highest BCUT2D eigenvalue weighted by molar-refractivity contribution is 9.10. The highest BCUT2D eigenvalue weighted by Gasteiger charge is 2.53. The molecule has 0 amide bonds. The summed E-state index contributed by atoms with van der Waals surface area (Å²) >= 11 is 10.9. The molecule has 1 aromatic heterocycles. The van der Waals surface area contributed by atoms with Crippen molar-refractivity contribution in [1.29, 1.82) is 0 Å². The van der Waals surface area contributed by atoms with Gasteiger partial charge in [-0.3, -0.25) is 8.75 Å². The maximum absolute atomic E-state index is 12.3. The molecular formula is C13H15BrClNOS. The minimum Gasteiger partial charge on any atom is -0.267 e. The Morgan fingerprint density at radius 1 is 1.17 bits per heavy atom. The van der Waals surface area contributed by atoms with E-state index in [2.05, 4.69) is 15.9 Å². The summed E-state index contributed by atoms with van der Waals surface area (Å²) in [4.78, 5) is 12.3. The fourth-order valence-corrected chi connectivity index (χ4v) is 6.68. The quantitative estimate of drug-likeness (QED) is 0.743. The monoisotopic (exact) mass is 347 g/mol. The molecule has 0 unspecified atom stereocenters. The summed E-state index contributed by atoms with van der Waals surface area (Å²) in [6, 6.07) is 0. The van der Waals surface area contributed by atoms with E-state index in [1.54, 1.807) is 0 Å². The van der Waals surface area contributed by atoms with Crippen molar-refractivity contribution >= 4 is 39.1 Å². The molecule has 0 radical (unpaired) electrons. The molecule has 0 aromatic carbocycles. The molecule has 98 valence electrons. The van der Waals surface area contributed by atoms with Crippen molar-refractivity contribution in [1.82, 2.24) is 3.96 Å². The largest absolute Gasteiger partial charge is 0.277 e. The van der Waals surface area contributed by atoms with E-state index in [9.17, 15) is 4.79 Å². The van der Waals surface area contributed by atoms with Crippen LogP contribution in [0.3, 0.4) is 0 Å². The van der Waals surface area contributed by atoms with Crippen LogP contribution >= 0.6 is 39.1 Å². The SMILES string of the molecule is O=c1c(Br)c(Cl)sn1C12CC3CC(CC(C3)C1)C2. The normalized spacial score (nSPS) is 41.6. The lowest BCUT2D eigenvalue weighted by atomic mass is 9.53. The van der Waals surface area contributed by atoms with Crippen molar-refractivity contribution in [2.24, 2.45) is 17.8 Å². The van der Waals surface area contributed by atoms with Crippen LogP contribution in [0.2, 0.25) is 4.34 Å². The third-order valence-corrected chi connectivity index (χ3v) is 7.88. The molecule has 1 heterocycles. The molecule has 4 aliphatic rings. The molecule has 4 aliphatic carbocycles. The van der Waals surface area contributed by atoms with E-state index in [1.807, 2.05) is 3.96 Å². The molecule has 4 fully saturated rings. The Labute approximate surface area is 124 Å². The molecule has 0 atom stereocenters. The number of hydrogen-bond acceptors (Lipinski definition) is 2. The van der Waals surface area contributed by atoms with Gasteiger partial charge in [0.2, 0.25) is 0 Å². The molecule has 0 aliphatic heterocycles. The first kappa shape index (κ1) is 12.0. The van der Waals surface area contributed by atoms with Gasteiger partial charge in [0.15, 0.2) is 0 Å². The Kier molecular flexibility index (Phi) is 2.57. The Balaban J connectivity index is 1.84. The minimum absolute atomic E-state index is 0.0898. The summed E-state index contributed by atoms with van der Waals surface area (Å²) in [7, 11) is 0. The lowest BCUT2D eigenvalue weighted by Gasteiger charge is -2.56. The van der Waals surface area contributed by atoms with Crippen molar-refractivity contribution in [3.63, 3.8) is 0 Å². The predicted molar refractivity (Wildman–Crippen MR) is 77.4 cm³/mol. The molecule has 5 heteroatoms. The second kappa shape index (κ2) is 3.86. The molecule has 4 bridgehead atoms. The molecule has 0 N–H and O–H groups in total. The van der Waals surface area contributed by atoms with Crippen LogP contribution in [0.5, 0.6) is 0 Å². The zero-order chi connectivity index (χ0) is 12.5. The van der Waals surface area contributed by atoms with E-state index < -0.39 is 0 Å². The van der Waals surface area contributed by atoms with E-state index in [1.165, 1.54) is 50.1 Å². The van der Waals surface area contributed by atoms with Gasteiger partial charge in [0, 0.05) is 0 Å².